The van der Waals surface area contributed by atoms with Crippen LogP contribution < -0.4 is 10.1 Å². The molecule has 0 radical (unpaired) electrons. The van der Waals surface area contributed by atoms with Crippen molar-refractivity contribution in [1.82, 2.24) is 10.2 Å². The molecule has 18 heavy (non-hydrogen) atoms. The predicted octanol–water partition coefficient (Wildman–Crippen LogP) is 0.556. The summed E-state index contributed by atoms with van der Waals surface area (Å²) in [6.45, 7) is 0.366. The molecular weight excluding hydrogens is 232 g/mol. The van der Waals surface area contributed by atoms with Crippen molar-refractivity contribution in [1.29, 1.82) is 0 Å². The number of nitrogens with one attached hydrogen (secondary N) is 1. The standard InChI is InChI=1S/C13H18N2O3/c1-14-13(17)9-15(2)8-11(16)10-6-4-5-7-12(10)18-3/h4-7H,8-9H2,1-3H3,(H,14,17). The van der Waals surface area contributed by atoms with Crippen molar-refractivity contribution in [3.63, 3.8) is 0 Å². The molecule has 0 spiro atoms. The molecule has 0 saturated heterocycles. The number of amides is 1. The smallest absolute Gasteiger partial charge is 0.233 e. The van der Waals surface area contributed by atoms with E-state index >= 15 is 0 Å². The van der Waals surface area contributed by atoms with E-state index in [2.05, 4.69) is 5.32 Å². The maximum Gasteiger partial charge on any atom is 0.233 e. The molecule has 0 unspecified atom stereocenters. The molecule has 98 valence electrons. The molecule has 0 aliphatic heterocycles. The van der Waals surface area contributed by atoms with Crippen molar-refractivity contribution < 1.29 is 14.3 Å². The van der Waals surface area contributed by atoms with Crippen molar-refractivity contribution in [3.05, 3.63) is 29.8 Å². The number of Topliss-reactive ketones (excluding diaryl/α,β-unsaturated/α-hetero) is 1. The van der Waals surface area contributed by atoms with Crippen molar-refractivity contribution in [3.8, 4) is 5.75 Å². The number of hydrogen-bond donors (Lipinski definition) is 1. The van der Waals surface area contributed by atoms with Crippen LogP contribution in [0.1, 0.15) is 10.4 Å². The van der Waals surface area contributed by atoms with E-state index in [1.807, 2.05) is 6.07 Å². The Labute approximate surface area is 107 Å². The summed E-state index contributed by atoms with van der Waals surface area (Å²) < 4.78 is 5.13. The Morgan fingerprint density at radius 1 is 1.28 bits per heavy atom. The molecule has 5 heteroatoms. The number of methoxy groups -OCH3 is 1. The number of carbonyl (C=O) groups is 2. The Morgan fingerprint density at radius 2 is 1.94 bits per heavy atom. The van der Waals surface area contributed by atoms with Gasteiger partial charge in [-0.05, 0) is 19.2 Å². The molecule has 1 amide bonds. The Bertz CT molecular complexity index is 432. The molecule has 1 rings (SSSR count). The first-order valence-electron chi connectivity index (χ1n) is 5.63. The summed E-state index contributed by atoms with van der Waals surface area (Å²) in [5.74, 6) is 0.361. The summed E-state index contributed by atoms with van der Waals surface area (Å²) in [5, 5.41) is 2.51. The fraction of sp³-hybridized carbons (Fsp3) is 0.385. The van der Waals surface area contributed by atoms with E-state index in [4.69, 9.17) is 4.74 Å². The number of rotatable bonds is 6. The van der Waals surface area contributed by atoms with Gasteiger partial charge in [0.2, 0.25) is 5.91 Å². The minimum Gasteiger partial charge on any atom is -0.496 e. The van der Waals surface area contributed by atoms with Crippen LogP contribution in [-0.2, 0) is 4.79 Å². The highest BCUT2D eigenvalue weighted by atomic mass is 16.5. The van der Waals surface area contributed by atoms with E-state index in [1.165, 1.54) is 7.11 Å². The fourth-order valence-corrected chi connectivity index (χ4v) is 1.59. The minimum absolute atomic E-state index is 0.0705. The van der Waals surface area contributed by atoms with Gasteiger partial charge in [0.25, 0.3) is 0 Å². The molecule has 0 aliphatic rings. The Hall–Kier alpha value is -1.88. The number of likely N-dealkylation sites (N-methyl/N-ethyl adjacent to an activating group) is 2. The SMILES string of the molecule is CNC(=O)CN(C)CC(=O)c1ccccc1OC. The zero-order valence-electron chi connectivity index (χ0n) is 10.9. The van der Waals surface area contributed by atoms with Gasteiger partial charge in [-0.1, -0.05) is 12.1 Å². The zero-order chi connectivity index (χ0) is 13.5. The molecular formula is C13H18N2O3. The molecule has 1 aromatic rings. The third-order valence-corrected chi connectivity index (χ3v) is 2.51. The highest BCUT2D eigenvalue weighted by molar-refractivity contribution is 6.00. The first kappa shape index (κ1) is 14.2. The van der Waals surface area contributed by atoms with Crippen molar-refractivity contribution in [2.45, 2.75) is 0 Å². The van der Waals surface area contributed by atoms with Gasteiger partial charge in [0.15, 0.2) is 5.78 Å². The summed E-state index contributed by atoms with van der Waals surface area (Å²) in [7, 11) is 4.82. The summed E-state index contributed by atoms with van der Waals surface area (Å²) in [6, 6.07) is 7.05. The van der Waals surface area contributed by atoms with E-state index in [1.54, 1.807) is 37.2 Å². The number of carbonyl (C=O) groups excluding carboxylic acids is 2. The van der Waals surface area contributed by atoms with Gasteiger partial charge in [0, 0.05) is 7.05 Å². The molecule has 1 aromatic carbocycles. The Kier molecular flexibility index (Phi) is 5.32. The van der Waals surface area contributed by atoms with Crippen LogP contribution in [0.4, 0.5) is 0 Å². The summed E-state index contributed by atoms with van der Waals surface area (Å²) in [4.78, 5) is 24.9. The van der Waals surface area contributed by atoms with Crippen LogP contribution in [0, 0.1) is 0 Å². The van der Waals surface area contributed by atoms with Gasteiger partial charge in [0.1, 0.15) is 5.75 Å². The largest absolute Gasteiger partial charge is 0.496 e. The van der Waals surface area contributed by atoms with E-state index in [9.17, 15) is 9.59 Å². The van der Waals surface area contributed by atoms with Gasteiger partial charge in [-0.2, -0.15) is 0 Å². The molecule has 0 heterocycles. The average Bonchev–Trinajstić information content (AvgIpc) is 2.38. The second-order valence-electron chi connectivity index (χ2n) is 3.97. The van der Waals surface area contributed by atoms with Gasteiger partial charge in [0.05, 0.1) is 25.8 Å². The summed E-state index contributed by atoms with van der Waals surface area (Å²) >= 11 is 0. The molecule has 5 nitrogen and oxygen atoms in total. The fourth-order valence-electron chi connectivity index (χ4n) is 1.59. The molecule has 0 fully saturated rings. The quantitative estimate of drug-likeness (QED) is 0.749. The highest BCUT2D eigenvalue weighted by Gasteiger charge is 2.14. The lowest BCUT2D eigenvalue weighted by Crippen LogP contribution is -2.36. The molecule has 0 saturated carbocycles. The van der Waals surface area contributed by atoms with E-state index < -0.39 is 0 Å². The second-order valence-corrected chi connectivity index (χ2v) is 3.97. The van der Waals surface area contributed by atoms with Gasteiger partial charge in [-0.25, -0.2) is 0 Å². The summed E-state index contributed by atoms with van der Waals surface area (Å²) in [5.41, 5.74) is 0.531. The van der Waals surface area contributed by atoms with E-state index in [0.29, 0.717) is 11.3 Å². The van der Waals surface area contributed by atoms with Crippen LogP contribution in [0.5, 0.6) is 5.75 Å². The van der Waals surface area contributed by atoms with Crippen molar-refractivity contribution in [2.75, 3.05) is 34.3 Å². The lowest BCUT2D eigenvalue weighted by Gasteiger charge is -2.15. The topological polar surface area (TPSA) is 58.6 Å². The van der Waals surface area contributed by atoms with Gasteiger partial charge in [-0.3, -0.25) is 14.5 Å². The molecule has 0 aliphatic carbocycles. The zero-order valence-corrected chi connectivity index (χ0v) is 10.9. The van der Waals surface area contributed by atoms with Crippen LogP contribution in [0.25, 0.3) is 0 Å². The minimum atomic E-state index is -0.120. The Morgan fingerprint density at radius 3 is 2.56 bits per heavy atom. The van der Waals surface area contributed by atoms with Crippen LogP contribution >= 0.6 is 0 Å². The molecule has 0 bridgehead atoms. The van der Waals surface area contributed by atoms with E-state index in [-0.39, 0.29) is 24.8 Å². The third-order valence-electron chi connectivity index (χ3n) is 2.51. The Balaban J connectivity index is 2.67. The monoisotopic (exact) mass is 250 g/mol. The number of ether oxygens (including phenoxy) is 1. The number of para-hydroxylation sites is 1. The lowest BCUT2D eigenvalue weighted by atomic mass is 10.1. The number of hydrogen-bond acceptors (Lipinski definition) is 4. The van der Waals surface area contributed by atoms with Gasteiger partial charge in [-0.15, -0.1) is 0 Å². The van der Waals surface area contributed by atoms with Crippen molar-refractivity contribution >= 4 is 11.7 Å². The first-order chi connectivity index (χ1) is 8.58. The normalized spacial score (nSPS) is 10.2. The molecule has 1 N–H and O–H groups in total. The number of nitrogens with zero attached hydrogens (tertiary/aromatic N) is 1. The number of benzene rings is 1. The predicted molar refractivity (Wildman–Crippen MR) is 68.9 cm³/mol. The third kappa shape index (κ3) is 3.85. The maximum absolute atomic E-state index is 12.1. The highest BCUT2D eigenvalue weighted by Crippen LogP contribution is 2.17. The second kappa shape index (κ2) is 6.76. The van der Waals surface area contributed by atoms with E-state index in [0.717, 1.165) is 0 Å². The lowest BCUT2D eigenvalue weighted by molar-refractivity contribution is -0.121. The van der Waals surface area contributed by atoms with Crippen LogP contribution in [-0.4, -0.2) is 50.9 Å². The van der Waals surface area contributed by atoms with Gasteiger partial charge >= 0.3 is 0 Å². The molecule has 0 atom stereocenters. The van der Waals surface area contributed by atoms with Crippen LogP contribution in [0.15, 0.2) is 24.3 Å². The maximum atomic E-state index is 12.1. The average molecular weight is 250 g/mol. The summed E-state index contributed by atoms with van der Waals surface area (Å²) in [6.07, 6.45) is 0. The van der Waals surface area contributed by atoms with Crippen LogP contribution in [0.3, 0.4) is 0 Å². The van der Waals surface area contributed by atoms with Gasteiger partial charge < -0.3 is 10.1 Å². The first-order valence-corrected chi connectivity index (χ1v) is 5.63. The molecule has 0 aromatic heterocycles. The van der Waals surface area contributed by atoms with Crippen molar-refractivity contribution in [2.24, 2.45) is 0 Å². The number of ketones is 1. The van der Waals surface area contributed by atoms with Crippen LogP contribution in [0.2, 0.25) is 0 Å².